The largest absolute Gasteiger partial charge is 0.376 e. The van der Waals surface area contributed by atoms with E-state index in [0.29, 0.717) is 6.61 Å². The molecule has 2 aromatic heterocycles. The predicted molar refractivity (Wildman–Crippen MR) is 82.7 cm³/mol. The molecule has 6 heteroatoms. The molecule has 0 aliphatic heterocycles. The second kappa shape index (κ2) is 5.63. The van der Waals surface area contributed by atoms with E-state index in [1.165, 1.54) is 0 Å². The summed E-state index contributed by atoms with van der Waals surface area (Å²) in [5.41, 5.74) is 8.73. The van der Waals surface area contributed by atoms with Gasteiger partial charge < -0.3 is 15.8 Å². The Morgan fingerprint density at radius 3 is 3.10 bits per heavy atom. The van der Waals surface area contributed by atoms with Crippen molar-refractivity contribution in [1.82, 2.24) is 9.97 Å². The number of anilines is 1. The van der Waals surface area contributed by atoms with Crippen molar-refractivity contribution in [3.05, 3.63) is 29.0 Å². The first-order valence-electron chi connectivity index (χ1n) is 6.73. The van der Waals surface area contributed by atoms with Crippen LogP contribution in [0.15, 0.2) is 29.0 Å². The minimum atomic E-state index is 0.116. The Balaban J connectivity index is 1.87. The minimum absolute atomic E-state index is 0.116. The summed E-state index contributed by atoms with van der Waals surface area (Å²) in [4.78, 5) is 8.77. The first-order chi connectivity index (χ1) is 9.69. The molecule has 5 nitrogen and oxygen atoms in total. The molecule has 0 amide bonds. The zero-order valence-electron chi connectivity index (χ0n) is 11.2. The van der Waals surface area contributed by atoms with E-state index in [4.69, 9.17) is 10.5 Å². The molecule has 1 saturated carbocycles. The lowest BCUT2D eigenvalue weighted by Gasteiger charge is -2.43. The molecule has 0 spiro atoms. The van der Waals surface area contributed by atoms with Gasteiger partial charge in [-0.2, -0.15) is 0 Å². The molecular weight excluding hydrogens is 320 g/mol. The number of aromatic nitrogens is 2. The topological polar surface area (TPSA) is 73.1 Å². The van der Waals surface area contributed by atoms with E-state index < -0.39 is 0 Å². The van der Waals surface area contributed by atoms with Gasteiger partial charge in [0.15, 0.2) is 0 Å². The average molecular weight is 337 g/mol. The fourth-order valence-electron chi connectivity index (χ4n) is 2.53. The van der Waals surface area contributed by atoms with Gasteiger partial charge in [-0.3, -0.25) is 9.97 Å². The number of halogens is 1. The molecule has 3 N–H and O–H groups in total. The summed E-state index contributed by atoms with van der Waals surface area (Å²) in [7, 11) is 0. The third-order valence-corrected chi connectivity index (χ3v) is 4.05. The fraction of sp³-hybridized carbons (Fsp3) is 0.429. The molecule has 1 fully saturated rings. The Labute approximate surface area is 126 Å². The number of fused-ring (bicyclic) bond motifs is 1. The average Bonchev–Trinajstić information content (AvgIpc) is 2.44. The van der Waals surface area contributed by atoms with E-state index >= 15 is 0 Å². The molecule has 3 atom stereocenters. The molecule has 20 heavy (non-hydrogen) atoms. The molecule has 1 aliphatic carbocycles. The first kappa shape index (κ1) is 13.7. The van der Waals surface area contributed by atoms with Crippen LogP contribution in [0.1, 0.15) is 13.3 Å². The molecule has 2 aromatic rings. The minimum Gasteiger partial charge on any atom is -0.376 e. The number of nitrogens with zero attached hydrogens (tertiary/aromatic N) is 2. The number of ether oxygens (including phenoxy) is 1. The Morgan fingerprint density at radius 1 is 1.50 bits per heavy atom. The van der Waals surface area contributed by atoms with Gasteiger partial charge in [-0.15, -0.1) is 0 Å². The van der Waals surface area contributed by atoms with E-state index in [1.807, 2.05) is 19.1 Å². The monoisotopic (exact) mass is 336 g/mol. The highest BCUT2D eigenvalue weighted by Gasteiger charge is 2.39. The maximum atomic E-state index is 6.07. The van der Waals surface area contributed by atoms with Crippen molar-refractivity contribution in [3.8, 4) is 0 Å². The van der Waals surface area contributed by atoms with Crippen LogP contribution in [-0.4, -0.2) is 34.8 Å². The molecule has 3 rings (SSSR count). The van der Waals surface area contributed by atoms with Gasteiger partial charge in [0, 0.05) is 29.5 Å². The molecule has 3 unspecified atom stereocenters. The number of nitrogens with one attached hydrogen (secondary N) is 1. The zero-order valence-corrected chi connectivity index (χ0v) is 12.8. The lowest BCUT2D eigenvalue weighted by molar-refractivity contribution is -0.0125. The van der Waals surface area contributed by atoms with Crippen molar-refractivity contribution in [2.24, 2.45) is 5.73 Å². The Kier molecular flexibility index (Phi) is 3.87. The molecular formula is C14H17BrN4O. The molecule has 0 radical (unpaired) electrons. The SMILES string of the molecule is CCOC1CC(N)C1Nc1ccnc2cc(Br)cnc12. The lowest BCUT2D eigenvalue weighted by atomic mass is 9.83. The van der Waals surface area contributed by atoms with Crippen LogP contribution in [0.5, 0.6) is 0 Å². The number of hydrogen-bond donors (Lipinski definition) is 2. The second-order valence-corrected chi connectivity index (χ2v) is 5.86. The summed E-state index contributed by atoms with van der Waals surface area (Å²) in [5, 5.41) is 3.46. The summed E-state index contributed by atoms with van der Waals surface area (Å²) in [6, 6.07) is 4.13. The first-order valence-corrected chi connectivity index (χ1v) is 7.52. The van der Waals surface area contributed by atoms with Gasteiger partial charge >= 0.3 is 0 Å². The van der Waals surface area contributed by atoms with Gasteiger partial charge in [0.1, 0.15) is 5.52 Å². The van der Waals surface area contributed by atoms with E-state index in [1.54, 1.807) is 12.4 Å². The van der Waals surface area contributed by atoms with Gasteiger partial charge in [0.2, 0.25) is 0 Å². The maximum Gasteiger partial charge on any atom is 0.112 e. The molecule has 106 valence electrons. The third kappa shape index (κ3) is 2.51. The highest BCUT2D eigenvalue weighted by molar-refractivity contribution is 9.10. The highest BCUT2D eigenvalue weighted by Crippen LogP contribution is 2.29. The smallest absolute Gasteiger partial charge is 0.112 e. The van der Waals surface area contributed by atoms with Crippen LogP contribution < -0.4 is 11.1 Å². The zero-order chi connectivity index (χ0) is 14.1. The Morgan fingerprint density at radius 2 is 2.35 bits per heavy atom. The maximum absolute atomic E-state index is 6.07. The van der Waals surface area contributed by atoms with Gasteiger partial charge in [-0.05, 0) is 41.4 Å². The van der Waals surface area contributed by atoms with Crippen LogP contribution in [0, 0.1) is 0 Å². The summed E-state index contributed by atoms with van der Waals surface area (Å²) >= 11 is 3.41. The quantitative estimate of drug-likeness (QED) is 0.896. The van der Waals surface area contributed by atoms with Crippen LogP contribution in [0.3, 0.4) is 0 Å². The number of nitrogens with two attached hydrogens (primary N) is 1. The lowest BCUT2D eigenvalue weighted by Crippen LogP contribution is -2.60. The number of hydrogen-bond acceptors (Lipinski definition) is 5. The fourth-order valence-corrected chi connectivity index (χ4v) is 2.85. The molecule has 0 aromatic carbocycles. The van der Waals surface area contributed by atoms with Crippen molar-refractivity contribution in [1.29, 1.82) is 0 Å². The van der Waals surface area contributed by atoms with Crippen molar-refractivity contribution in [2.75, 3.05) is 11.9 Å². The van der Waals surface area contributed by atoms with Gasteiger partial charge in [-0.25, -0.2) is 0 Å². The van der Waals surface area contributed by atoms with E-state index in [0.717, 1.165) is 27.6 Å². The normalized spacial score (nSPS) is 25.4. The van der Waals surface area contributed by atoms with Gasteiger partial charge in [0.05, 0.1) is 23.3 Å². The van der Waals surface area contributed by atoms with Crippen LogP contribution >= 0.6 is 15.9 Å². The molecule has 0 saturated heterocycles. The summed E-state index contributed by atoms with van der Waals surface area (Å²) in [6.07, 6.45) is 4.62. The highest BCUT2D eigenvalue weighted by atomic mass is 79.9. The van der Waals surface area contributed by atoms with Crippen molar-refractivity contribution in [3.63, 3.8) is 0 Å². The molecule has 1 aliphatic rings. The Bertz CT molecular complexity index is 619. The predicted octanol–water partition coefficient (Wildman–Crippen LogP) is 2.31. The van der Waals surface area contributed by atoms with E-state index in [2.05, 4.69) is 31.2 Å². The molecule has 2 heterocycles. The summed E-state index contributed by atoms with van der Waals surface area (Å²) in [6.45, 7) is 2.71. The summed E-state index contributed by atoms with van der Waals surface area (Å²) < 4.78 is 6.60. The van der Waals surface area contributed by atoms with Crippen LogP contribution in [0.2, 0.25) is 0 Å². The van der Waals surface area contributed by atoms with Crippen LogP contribution in [0.4, 0.5) is 5.69 Å². The number of rotatable bonds is 4. The van der Waals surface area contributed by atoms with Gasteiger partial charge in [-0.1, -0.05) is 0 Å². The van der Waals surface area contributed by atoms with Crippen LogP contribution in [0.25, 0.3) is 11.0 Å². The van der Waals surface area contributed by atoms with Crippen molar-refractivity contribution >= 4 is 32.7 Å². The molecule has 0 bridgehead atoms. The van der Waals surface area contributed by atoms with Gasteiger partial charge in [0.25, 0.3) is 0 Å². The Hall–Kier alpha value is -1.24. The second-order valence-electron chi connectivity index (χ2n) is 4.94. The summed E-state index contributed by atoms with van der Waals surface area (Å²) in [5.74, 6) is 0. The third-order valence-electron chi connectivity index (χ3n) is 3.61. The number of pyridine rings is 2. The van der Waals surface area contributed by atoms with E-state index in [-0.39, 0.29) is 18.2 Å². The van der Waals surface area contributed by atoms with Crippen molar-refractivity contribution in [2.45, 2.75) is 31.5 Å². The van der Waals surface area contributed by atoms with Crippen LogP contribution in [-0.2, 0) is 4.74 Å². The van der Waals surface area contributed by atoms with Crippen molar-refractivity contribution < 1.29 is 4.74 Å². The standard InChI is InChI=1S/C14H17BrN4O/c1-2-20-12-6-9(16)13(12)19-10-3-4-17-11-5-8(15)7-18-14(10)11/h3-5,7,9,12-13H,2,6,16H2,1H3,(H,17,19). The van der Waals surface area contributed by atoms with E-state index in [9.17, 15) is 0 Å².